The number of amides is 4. The number of rotatable bonds is 19. The fraction of sp³-hybridized carbons (Fsp3) is 0.400. The minimum Gasteiger partial charge on any atom is -0.494 e. The Morgan fingerprint density at radius 2 is 1.71 bits per heavy atom. The number of hydrogen-bond donors (Lipinski definition) is 4. The lowest BCUT2D eigenvalue weighted by Crippen LogP contribution is -2.49. The minimum absolute atomic E-state index is 0.0772. The van der Waals surface area contributed by atoms with Crippen LogP contribution in [0.25, 0.3) is 11.3 Å². The molecule has 1 aromatic heterocycles. The van der Waals surface area contributed by atoms with Crippen molar-refractivity contribution >= 4 is 43.2 Å². The van der Waals surface area contributed by atoms with E-state index in [0.717, 1.165) is 17.9 Å². The van der Waals surface area contributed by atoms with Gasteiger partial charge in [0.05, 0.1) is 30.5 Å². The molecule has 0 saturated heterocycles. The molecule has 3 aromatic rings. The molecule has 52 heavy (non-hydrogen) atoms. The number of nitrogens with zero attached hydrogens (tertiary/aromatic N) is 2. The number of hydroxylamine groups is 2. The summed E-state index contributed by atoms with van der Waals surface area (Å²) in [7, 11) is -1.67. The number of hydrogen-bond acceptors (Lipinski definition) is 10. The van der Waals surface area contributed by atoms with Gasteiger partial charge in [0.25, 0.3) is 5.91 Å². The zero-order valence-corrected chi connectivity index (χ0v) is 30.6. The fourth-order valence-electron chi connectivity index (χ4n) is 5.16. The number of para-hydroxylation sites is 1. The molecular formula is C35H45N4O12P. The summed E-state index contributed by atoms with van der Waals surface area (Å²) in [5.41, 5.74) is 0.162. The van der Waals surface area contributed by atoms with Crippen molar-refractivity contribution in [2.24, 2.45) is 5.92 Å². The third-order valence-electron chi connectivity index (χ3n) is 7.79. The van der Waals surface area contributed by atoms with E-state index >= 15 is 0 Å². The van der Waals surface area contributed by atoms with Gasteiger partial charge in [-0.25, -0.2) is 9.59 Å². The summed E-state index contributed by atoms with van der Waals surface area (Å²) in [6.07, 6.45) is 2.43. The van der Waals surface area contributed by atoms with E-state index in [2.05, 4.69) is 10.6 Å². The van der Waals surface area contributed by atoms with Crippen LogP contribution in [-0.2, 0) is 19.0 Å². The third-order valence-corrected chi connectivity index (χ3v) is 8.72. The van der Waals surface area contributed by atoms with Gasteiger partial charge in [-0.15, -0.1) is 0 Å². The molecule has 282 valence electrons. The zero-order chi connectivity index (χ0) is 38.4. The van der Waals surface area contributed by atoms with Gasteiger partial charge in [0.15, 0.2) is 5.76 Å². The highest BCUT2D eigenvalue weighted by Crippen LogP contribution is 2.37. The van der Waals surface area contributed by atoms with Crippen LogP contribution in [0.2, 0.25) is 0 Å². The molecule has 17 heteroatoms. The van der Waals surface area contributed by atoms with Crippen molar-refractivity contribution in [3.8, 4) is 22.8 Å². The fourth-order valence-corrected chi connectivity index (χ4v) is 5.77. The minimum atomic E-state index is -4.63. The average Bonchev–Trinajstić information content (AvgIpc) is 3.61. The van der Waals surface area contributed by atoms with Gasteiger partial charge in [0.2, 0.25) is 12.3 Å². The lowest BCUT2D eigenvalue weighted by Gasteiger charge is -2.32. The van der Waals surface area contributed by atoms with Crippen LogP contribution in [0.15, 0.2) is 59.0 Å². The quantitative estimate of drug-likeness (QED) is 0.0447. The Kier molecular flexibility index (Phi) is 15.4. The smallest absolute Gasteiger partial charge is 0.414 e. The van der Waals surface area contributed by atoms with Crippen molar-refractivity contribution in [2.45, 2.75) is 58.9 Å². The predicted octanol–water partition coefficient (Wildman–Crippen LogP) is 4.22. The molecule has 3 rings (SSSR count). The largest absolute Gasteiger partial charge is 0.494 e. The standard InChI is InChI=1S/C35H45N4O12P/c1-6-9-10-13-26(28(7-2)39(22-40)51-34(43)27-14-11-12-15-30(27)50-35(44)38(4)5)32(41)36-21-37-33(42)31-17-16-29(49-31)23-18-24(48-8-3)20-25(19-23)52(45,46)47/h11-12,14-20,22,26,28H,6-10,13,21H2,1-5H3,(H,36,41)(H,37,42)(H2,45,46,47)/t26?,28-/m1/s1. The van der Waals surface area contributed by atoms with Crippen LogP contribution in [0.3, 0.4) is 0 Å². The highest BCUT2D eigenvalue weighted by Gasteiger charge is 2.34. The number of nitrogens with one attached hydrogen (secondary N) is 2. The van der Waals surface area contributed by atoms with Crippen molar-refractivity contribution in [2.75, 3.05) is 27.4 Å². The van der Waals surface area contributed by atoms with Crippen LogP contribution in [-0.4, -0.2) is 83.4 Å². The number of benzene rings is 2. The number of carbonyl (C=O) groups excluding carboxylic acids is 5. The summed E-state index contributed by atoms with van der Waals surface area (Å²) in [6, 6.07) is 11.8. The molecule has 2 atom stereocenters. The van der Waals surface area contributed by atoms with Gasteiger partial charge in [0, 0.05) is 19.7 Å². The van der Waals surface area contributed by atoms with Crippen LogP contribution < -0.4 is 25.4 Å². The van der Waals surface area contributed by atoms with Crippen LogP contribution in [0.4, 0.5) is 4.79 Å². The van der Waals surface area contributed by atoms with Crippen LogP contribution in [0, 0.1) is 5.92 Å². The van der Waals surface area contributed by atoms with E-state index in [0.29, 0.717) is 19.3 Å². The van der Waals surface area contributed by atoms with Crippen molar-refractivity contribution < 1.29 is 57.1 Å². The normalized spacial score (nSPS) is 12.2. The zero-order valence-electron chi connectivity index (χ0n) is 29.7. The lowest BCUT2D eigenvalue weighted by molar-refractivity contribution is -0.171. The Morgan fingerprint density at radius 3 is 2.35 bits per heavy atom. The monoisotopic (exact) mass is 744 g/mol. The second-order valence-electron chi connectivity index (χ2n) is 11.8. The van der Waals surface area contributed by atoms with Gasteiger partial charge in [0.1, 0.15) is 22.8 Å². The van der Waals surface area contributed by atoms with Gasteiger partial charge in [-0.1, -0.05) is 45.2 Å². The van der Waals surface area contributed by atoms with Gasteiger partial charge < -0.3 is 44.0 Å². The summed E-state index contributed by atoms with van der Waals surface area (Å²) in [5.74, 6) is -2.87. The molecule has 1 unspecified atom stereocenters. The molecule has 2 aromatic carbocycles. The second-order valence-corrected chi connectivity index (χ2v) is 13.4. The first-order valence-corrected chi connectivity index (χ1v) is 18.3. The summed E-state index contributed by atoms with van der Waals surface area (Å²) >= 11 is 0. The Morgan fingerprint density at radius 1 is 0.981 bits per heavy atom. The Hall–Kier alpha value is -5.18. The SMILES string of the molecule is CCCCCC(C(=O)NCNC(=O)c1ccc(-c2cc(OCC)cc(P(=O)(O)O)c2)o1)[C@@H](CC)N(C=O)OC(=O)c1ccccc1OC(=O)N(C)C. The molecule has 16 nitrogen and oxygen atoms in total. The lowest BCUT2D eigenvalue weighted by atomic mass is 9.90. The molecule has 0 aliphatic rings. The van der Waals surface area contributed by atoms with Crippen molar-refractivity contribution in [1.82, 2.24) is 20.6 Å². The Balaban J connectivity index is 1.72. The van der Waals surface area contributed by atoms with Crippen LogP contribution in [0.1, 0.15) is 73.8 Å². The van der Waals surface area contributed by atoms with Crippen LogP contribution >= 0.6 is 7.60 Å². The van der Waals surface area contributed by atoms with E-state index in [1.165, 1.54) is 67.5 Å². The highest BCUT2D eigenvalue weighted by molar-refractivity contribution is 7.60. The molecule has 4 amide bonds. The van der Waals surface area contributed by atoms with Crippen molar-refractivity contribution in [1.29, 1.82) is 0 Å². The molecule has 4 N–H and O–H groups in total. The molecule has 0 aliphatic heterocycles. The summed E-state index contributed by atoms with van der Waals surface area (Å²) in [6.45, 7) is 5.38. The first-order valence-electron chi connectivity index (χ1n) is 16.7. The van der Waals surface area contributed by atoms with Crippen molar-refractivity contribution in [3.63, 3.8) is 0 Å². The Bertz CT molecular complexity index is 1750. The highest BCUT2D eigenvalue weighted by atomic mass is 31.2. The number of ether oxygens (including phenoxy) is 2. The molecule has 0 fully saturated rings. The van der Waals surface area contributed by atoms with Crippen LogP contribution in [0.5, 0.6) is 11.5 Å². The summed E-state index contributed by atoms with van der Waals surface area (Å²) < 4.78 is 28.3. The second kappa shape index (κ2) is 19.4. The number of furan rings is 1. The van der Waals surface area contributed by atoms with E-state index in [4.69, 9.17) is 18.7 Å². The van der Waals surface area contributed by atoms with E-state index in [1.807, 2.05) is 6.92 Å². The number of unbranched alkanes of at least 4 members (excludes halogenated alkanes) is 2. The predicted molar refractivity (Wildman–Crippen MR) is 189 cm³/mol. The molecule has 0 spiro atoms. The maximum atomic E-state index is 13.6. The summed E-state index contributed by atoms with van der Waals surface area (Å²) in [5, 5.41) is 5.69. The van der Waals surface area contributed by atoms with E-state index in [1.54, 1.807) is 19.9 Å². The van der Waals surface area contributed by atoms with E-state index in [9.17, 15) is 38.3 Å². The molecule has 0 bridgehead atoms. The van der Waals surface area contributed by atoms with E-state index < -0.39 is 43.4 Å². The summed E-state index contributed by atoms with van der Waals surface area (Å²) in [4.78, 5) is 90.1. The maximum Gasteiger partial charge on any atom is 0.414 e. The Labute approximate surface area is 301 Å². The molecule has 1 heterocycles. The van der Waals surface area contributed by atoms with Crippen molar-refractivity contribution in [3.05, 3.63) is 65.9 Å². The first-order chi connectivity index (χ1) is 24.7. The van der Waals surface area contributed by atoms with Gasteiger partial charge >= 0.3 is 19.7 Å². The molecule has 0 saturated carbocycles. The van der Waals surface area contributed by atoms with Gasteiger partial charge in [-0.2, -0.15) is 5.06 Å². The number of carbonyl (C=O) groups is 5. The first kappa shape index (κ1) is 41.2. The molecule has 0 radical (unpaired) electrons. The van der Waals surface area contributed by atoms with Gasteiger partial charge in [-0.3, -0.25) is 18.9 Å². The average molecular weight is 745 g/mol. The molecular weight excluding hydrogens is 699 g/mol. The maximum absolute atomic E-state index is 13.6. The topological polar surface area (TPSA) is 214 Å². The van der Waals surface area contributed by atoms with Gasteiger partial charge in [-0.05, 0) is 62.2 Å². The molecule has 0 aliphatic carbocycles. The third kappa shape index (κ3) is 11.4. The van der Waals surface area contributed by atoms with E-state index in [-0.39, 0.29) is 59.1 Å².